The van der Waals surface area contributed by atoms with Gasteiger partial charge >= 0.3 is 0 Å². The average molecular weight is 390 g/mol. The topological polar surface area (TPSA) is 87.1 Å². The van der Waals surface area contributed by atoms with E-state index in [2.05, 4.69) is 20.6 Å². The second-order valence-electron chi connectivity index (χ2n) is 6.24. The highest BCUT2D eigenvalue weighted by molar-refractivity contribution is 7.17. The number of thiazole rings is 1. The Balaban J connectivity index is 1.35. The van der Waals surface area contributed by atoms with E-state index < -0.39 is 0 Å². The van der Waals surface area contributed by atoms with Gasteiger partial charge in [0.05, 0.1) is 11.7 Å². The van der Waals surface area contributed by atoms with Crippen molar-refractivity contribution in [2.75, 3.05) is 11.9 Å². The van der Waals surface area contributed by atoms with Crippen LogP contribution in [0.2, 0.25) is 0 Å². The number of hydrogen-bond donors (Lipinski definition) is 3. The Kier molecular flexibility index (Phi) is 5.16. The number of nitrogens with zero attached hydrogens (tertiary/aromatic N) is 2. The zero-order valence-electron chi connectivity index (χ0n) is 14.9. The lowest BCUT2D eigenvalue weighted by atomic mass is 10.1. The third-order valence-electron chi connectivity index (χ3n) is 4.22. The second kappa shape index (κ2) is 8.06. The van der Waals surface area contributed by atoms with Gasteiger partial charge in [-0.2, -0.15) is 0 Å². The van der Waals surface area contributed by atoms with Gasteiger partial charge in [-0.1, -0.05) is 29.5 Å². The fourth-order valence-electron chi connectivity index (χ4n) is 2.78. The maximum Gasteiger partial charge on any atom is 0.263 e. The van der Waals surface area contributed by atoms with E-state index in [1.54, 1.807) is 24.5 Å². The van der Waals surface area contributed by atoms with Crippen LogP contribution in [0.5, 0.6) is 5.75 Å². The summed E-state index contributed by atoms with van der Waals surface area (Å²) in [6, 6.07) is 16.8. The number of hydrogen-bond acceptors (Lipinski definition) is 6. The van der Waals surface area contributed by atoms with Gasteiger partial charge in [0.1, 0.15) is 10.6 Å². The van der Waals surface area contributed by atoms with Crippen LogP contribution >= 0.6 is 11.3 Å². The highest BCUT2D eigenvalue weighted by atomic mass is 32.1. The molecule has 2 aromatic heterocycles. The van der Waals surface area contributed by atoms with Crippen molar-refractivity contribution in [1.82, 2.24) is 15.3 Å². The molecular formula is C21H18N4O2S. The first kappa shape index (κ1) is 17.9. The third-order valence-corrected chi connectivity index (χ3v) is 5.13. The summed E-state index contributed by atoms with van der Waals surface area (Å²) in [6.07, 6.45) is 4.04. The zero-order chi connectivity index (χ0) is 19.3. The monoisotopic (exact) mass is 390 g/mol. The van der Waals surface area contributed by atoms with Gasteiger partial charge in [-0.3, -0.25) is 9.78 Å². The first-order chi connectivity index (χ1) is 13.7. The van der Waals surface area contributed by atoms with Crippen LogP contribution in [0.3, 0.4) is 0 Å². The van der Waals surface area contributed by atoms with E-state index in [0.29, 0.717) is 23.0 Å². The number of carbonyl (C=O) groups excluding carboxylic acids is 1. The quantitative estimate of drug-likeness (QED) is 0.461. The molecule has 4 aromatic rings. The summed E-state index contributed by atoms with van der Waals surface area (Å²) in [7, 11) is 0. The standard InChI is InChI=1S/C21H18N4O2S/c26-17-6-3-14(4-7-17)9-11-23-20(27)19-13-24-21(28-19)25-16-5-8-18-15(12-16)2-1-10-22-18/h1-8,10,12-13,26H,9,11H2,(H,23,27)(H,24,25). The van der Waals surface area contributed by atoms with Crippen molar-refractivity contribution in [3.63, 3.8) is 0 Å². The van der Waals surface area contributed by atoms with E-state index >= 15 is 0 Å². The summed E-state index contributed by atoms with van der Waals surface area (Å²) in [4.78, 5) is 21.5. The van der Waals surface area contributed by atoms with Crippen molar-refractivity contribution in [2.24, 2.45) is 0 Å². The molecule has 0 atom stereocenters. The maximum atomic E-state index is 12.3. The Morgan fingerprint density at radius 1 is 1.07 bits per heavy atom. The number of fused-ring (bicyclic) bond motifs is 1. The molecule has 0 spiro atoms. The van der Waals surface area contributed by atoms with Gasteiger partial charge in [-0.15, -0.1) is 0 Å². The van der Waals surface area contributed by atoms with E-state index in [-0.39, 0.29) is 11.7 Å². The molecule has 0 fully saturated rings. The SMILES string of the molecule is O=C(NCCc1ccc(O)cc1)c1cnc(Nc2ccc3ncccc3c2)s1. The molecule has 6 nitrogen and oxygen atoms in total. The van der Waals surface area contributed by atoms with Gasteiger partial charge in [0.2, 0.25) is 0 Å². The van der Waals surface area contributed by atoms with Crippen LogP contribution < -0.4 is 10.6 Å². The van der Waals surface area contributed by atoms with Gasteiger partial charge in [0, 0.05) is 23.8 Å². The number of carbonyl (C=O) groups is 1. The minimum absolute atomic E-state index is 0.146. The smallest absolute Gasteiger partial charge is 0.263 e. The summed E-state index contributed by atoms with van der Waals surface area (Å²) in [6.45, 7) is 0.516. The van der Waals surface area contributed by atoms with Crippen molar-refractivity contribution in [2.45, 2.75) is 6.42 Å². The Labute approximate surface area is 165 Å². The van der Waals surface area contributed by atoms with Gasteiger partial charge in [-0.05, 0) is 48.4 Å². The number of nitrogens with one attached hydrogen (secondary N) is 2. The van der Waals surface area contributed by atoms with E-state index in [4.69, 9.17) is 0 Å². The Hall–Kier alpha value is -3.45. The fraction of sp³-hybridized carbons (Fsp3) is 0.0952. The number of pyridine rings is 1. The average Bonchev–Trinajstić information content (AvgIpc) is 3.18. The molecule has 140 valence electrons. The van der Waals surface area contributed by atoms with Crippen molar-refractivity contribution in [3.05, 3.63) is 77.4 Å². The summed E-state index contributed by atoms with van der Waals surface area (Å²) in [5.41, 5.74) is 2.88. The van der Waals surface area contributed by atoms with Crippen LogP contribution in [-0.4, -0.2) is 27.5 Å². The van der Waals surface area contributed by atoms with Crippen molar-refractivity contribution in [1.29, 1.82) is 0 Å². The number of phenols is 1. The maximum absolute atomic E-state index is 12.3. The molecule has 0 aliphatic rings. The lowest BCUT2D eigenvalue weighted by Crippen LogP contribution is -2.24. The summed E-state index contributed by atoms with van der Waals surface area (Å²) >= 11 is 1.31. The van der Waals surface area contributed by atoms with Crippen molar-refractivity contribution < 1.29 is 9.90 Å². The number of benzene rings is 2. The number of anilines is 2. The number of amides is 1. The van der Waals surface area contributed by atoms with Crippen LogP contribution in [0.15, 0.2) is 67.0 Å². The first-order valence-corrected chi connectivity index (χ1v) is 9.63. The van der Waals surface area contributed by atoms with Crippen molar-refractivity contribution >= 4 is 39.0 Å². The lowest BCUT2D eigenvalue weighted by Gasteiger charge is -2.04. The molecule has 2 aromatic carbocycles. The van der Waals surface area contributed by atoms with Gasteiger partial charge in [0.15, 0.2) is 5.13 Å². The van der Waals surface area contributed by atoms with Crippen molar-refractivity contribution in [3.8, 4) is 5.75 Å². The second-order valence-corrected chi connectivity index (χ2v) is 7.27. The molecule has 0 radical (unpaired) electrons. The molecule has 0 saturated heterocycles. The van der Waals surface area contributed by atoms with Crippen LogP contribution in [0.4, 0.5) is 10.8 Å². The number of phenolic OH excluding ortho intramolecular Hbond substituents is 1. The Morgan fingerprint density at radius 2 is 1.93 bits per heavy atom. The van der Waals surface area contributed by atoms with E-state index in [0.717, 1.165) is 22.2 Å². The number of rotatable bonds is 6. The lowest BCUT2D eigenvalue weighted by molar-refractivity contribution is 0.0958. The molecule has 3 N–H and O–H groups in total. The van der Waals surface area contributed by atoms with Gasteiger partial charge < -0.3 is 15.7 Å². The third kappa shape index (κ3) is 4.27. The van der Waals surface area contributed by atoms with Crippen LogP contribution in [-0.2, 0) is 6.42 Å². The molecule has 0 bridgehead atoms. The molecule has 7 heteroatoms. The Morgan fingerprint density at radius 3 is 2.79 bits per heavy atom. The summed E-state index contributed by atoms with van der Waals surface area (Å²) in [5.74, 6) is 0.0900. The molecule has 4 rings (SSSR count). The molecule has 28 heavy (non-hydrogen) atoms. The van der Waals surface area contributed by atoms with Gasteiger partial charge in [-0.25, -0.2) is 4.98 Å². The minimum Gasteiger partial charge on any atom is -0.508 e. The number of aromatic hydroxyl groups is 1. The fourth-order valence-corrected chi connectivity index (χ4v) is 3.54. The molecule has 0 unspecified atom stereocenters. The first-order valence-electron chi connectivity index (χ1n) is 8.81. The zero-order valence-corrected chi connectivity index (χ0v) is 15.7. The van der Waals surface area contributed by atoms with E-state index in [1.165, 1.54) is 11.3 Å². The molecular weight excluding hydrogens is 372 g/mol. The summed E-state index contributed by atoms with van der Waals surface area (Å²) < 4.78 is 0. The predicted octanol–water partition coefficient (Wildman–Crippen LogP) is 4.11. The largest absolute Gasteiger partial charge is 0.508 e. The Bertz CT molecular complexity index is 1110. The molecule has 0 aliphatic carbocycles. The highest BCUT2D eigenvalue weighted by Gasteiger charge is 2.10. The van der Waals surface area contributed by atoms with Crippen LogP contribution in [0.25, 0.3) is 10.9 Å². The number of aromatic nitrogens is 2. The minimum atomic E-state index is -0.146. The molecule has 0 saturated carbocycles. The highest BCUT2D eigenvalue weighted by Crippen LogP contribution is 2.24. The molecule has 2 heterocycles. The molecule has 0 aliphatic heterocycles. The van der Waals surface area contributed by atoms with Gasteiger partial charge in [0.25, 0.3) is 5.91 Å². The van der Waals surface area contributed by atoms with E-state index in [9.17, 15) is 9.90 Å². The normalized spacial score (nSPS) is 10.7. The van der Waals surface area contributed by atoms with E-state index in [1.807, 2.05) is 42.5 Å². The molecule has 1 amide bonds. The van der Waals surface area contributed by atoms with Crippen LogP contribution in [0.1, 0.15) is 15.2 Å². The predicted molar refractivity (Wildman–Crippen MR) is 111 cm³/mol. The summed E-state index contributed by atoms with van der Waals surface area (Å²) in [5, 5.41) is 17.1. The van der Waals surface area contributed by atoms with Crippen LogP contribution in [0, 0.1) is 0 Å².